The van der Waals surface area contributed by atoms with Gasteiger partial charge in [-0.15, -0.1) is 0 Å². The fourth-order valence-electron chi connectivity index (χ4n) is 6.46. The van der Waals surface area contributed by atoms with E-state index >= 15 is 0 Å². The molecule has 4 nitrogen and oxygen atoms in total. The topological polar surface area (TPSA) is 46.9 Å². The third kappa shape index (κ3) is 3.11. The summed E-state index contributed by atoms with van der Waals surface area (Å²) >= 11 is 0. The molecule has 0 spiro atoms. The van der Waals surface area contributed by atoms with Crippen molar-refractivity contribution in [3.8, 4) is 5.69 Å². The first kappa shape index (κ1) is 21.5. The van der Waals surface area contributed by atoms with Crippen LogP contribution in [0.3, 0.4) is 0 Å². The van der Waals surface area contributed by atoms with Gasteiger partial charge >= 0.3 is 6.18 Å². The van der Waals surface area contributed by atoms with Gasteiger partial charge in [-0.2, -0.15) is 18.3 Å². The summed E-state index contributed by atoms with van der Waals surface area (Å²) in [6, 6.07) is 6.92. The Kier molecular flexibility index (Phi) is 4.77. The minimum atomic E-state index is -4.46. The normalized spacial score (nSPS) is 28.6. The second kappa shape index (κ2) is 7.09. The summed E-state index contributed by atoms with van der Waals surface area (Å²) in [6.45, 7) is 6.91. The van der Waals surface area contributed by atoms with Gasteiger partial charge in [-0.05, 0) is 86.0 Å². The molecule has 0 radical (unpaired) electrons. The predicted molar refractivity (Wildman–Crippen MR) is 116 cm³/mol. The molecule has 32 heavy (non-hydrogen) atoms. The van der Waals surface area contributed by atoms with Gasteiger partial charge in [-0.1, -0.05) is 20.8 Å². The summed E-state index contributed by atoms with van der Waals surface area (Å²) in [5, 5.41) is 7.18. The number of nitrogens with zero attached hydrogens (tertiary/aromatic N) is 2. The smallest absolute Gasteiger partial charge is 0.349 e. The van der Waals surface area contributed by atoms with E-state index in [1.165, 1.54) is 11.1 Å². The van der Waals surface area contributed by atoms with Gasteiger partial charge in [0.05, 0.1) is 5.69 Å². The average Bonchev–Trinajstić information content (AvgIpc) is 3.30. The van der Waals surface area contributed by atoms with Gasteiger partial charge in [0.25, 0.3) is 5.91 Å². The minimum absolute atomic E-state index is 0.0926. The number of alkyl halides is 3. The molecule has 3 atom stereocenters. The maximum absolute atomic E-state index is 13.5. The molecule has 0 saturated heterocycles. The predicted octanol–water partition coefficient (Wildman–Crippen LogP) is 5.71. The monoisotopic (exact) mass is 445 g/mol. The number of carbonyl (C=O) groups is 1. The maximum atomic E-state index is 13.5. The second-order valence-corrected chi connectivity index (χ2v) is 10.6. The van der Waals surface area contributed by atoms with Crippen molar-refractivity contribution < 1.29 is 18.0 Å². The largest absolute Gasteiger partial charge is 0.435 e. The number of amides is 1. The molecule has 3 aliphatic carbocycles. The van der Waals surface area contributed by atoms with Crippen LogP contribution in [0.5, 0.6) is 0 Å². The first-order valence-electron chi connectivity index (χ1n) is 11.6. The van der Waals surface area contributed by atoms with Gasteiger partial charge < -0.3 is 5.32 Å². The van der Waals surface area contributed by atoms with E-state index < -0.39 is 11.9 Å². The Labute approximate surface area is 186 Å². The van der Waals surface area contributed by atoms with E-state index in [-0.39, 0.29) is 22.8 Å². The van der Waals surface area contributed by atoms with Gasteiger partial charge in [0.15, 0.2) is 5.69 Å². The average molecular weight is 446 g/mol. The molecule has 172 valence electrons. The number of fused-ring (bicyclic) bond motifs is 3. The molecular weight excluding hydrogens is 415 g/mol. The van der Waals surface area contributed by atoms with Crippen molar-refractivity contribution in [1.29, 1.82) is 0 Å². The van der Waals surface area contributed by atoms with Crippen molar-refractivity contribution in [2.24, 2.45) is 16.7 Å². The van der Waals surface area contributed by atoms with Crippen LogP contribution in [-0.4, -0.2) is 21.7 Å². The van der Waals surface area contributed by atoms with E-state index in [9.17, 15) is 18.0 Å². The number of aromatic nitrogens is 2. The van der Waals surface area contributed by atoms with Crippen LogP contribution in [-0.2, 0) is 19.0 Å². The third-order valence-electron chi connectivity index (χ3n) is 8.92. The molecule has 0 aliphatic heterocycles. The van der Waals surface area contributed by atoms with Crippen LogP contribution in [0.4, 0.5) is 13.2 Å². The Bertz CT molecular complexity index is 1050. The molecular formula is C25H30F3N3O. The van der Waals surface area contributed by atoms with E-state index in [0.717, 1.165) is 25.7 Å². The molecule has 1 aromatic heterocycles. The van der Waals surface area contributed by atoms with E-state index in [2.05, 4.69) is 31.2 Å². The summed E-state index contributed by atoms with van der Waals surface area (Å²) in [5.74, 6) is 0.513. The Morgan fingerprint density at radius 2 is 1.81 bits per heavy atom. The quantitative estimate of drug-likeness (QED) is 0.657. The molecule has 1 heterocycles. The first-order valence-corrected chi connectivity index (χ1v) is 11.6. The summed E-state index contributed by atoms with van der Waals surface area (Å²) < 4.78 is 41.9. The van der Waals surface area contributed by atoms with Crippen LogP contribution in [0.15, 0.2) is 24.3 Å². The molecule has 7 heteroatoms. The van der Waals surface area contributed by atoms with Gasteiger partial charge in [-0.25, -0.2) is 4.68 Å². The number of carbonyl (C=O) groups excluding carboxylic acids is 1. The van der Waals surface area contributed by atoms with Crippen LogP contribution in [0.2, 0.25) is 0 Å². The number of nitrogens with one attached hydrogen (secondary N) is 1. The lowest BCUT2D eigenvalue weighted by Gasteiger charge is -2.39. The van der Waals surface area contributed by atoms with Crippen LogP contribution in [0.25, 0.3) is 5.69 Å². The Hall–Kier alpha value is -2.31. The molecule has 1 amide bonds. The van der Waals surface area contributed by atoms with Crippen molar-refractivity contribution >= 4 is 5.91 Å². The van der Waals surface area contributed by atoms with Crippen molar-refractivity contribution in [2.45, 2.75) is 77.9 Å². The number of halogens is 3. The lowest BCUT2D eigenvalue weighted by molar-refractivity contribution is -0.142. The second-order valence-electron chi connectivity index (χ2n) is 10.6. The van der Waals surface area contributed by atoms with Crippen LogP contribution >= 0.6 is 0 Å². The SMILES string of the molecule is CC1(C)C2CCC1(C)C(NC(=O)c1ccc(-n3nc(C(F)(F)F)c4c3CCCC4)cc1)C2. The van der Waals surface area contributed by atoms with Gasteiger partial charge in [0.2, 0.25) is 0 Å². The Morgan fingerprint density at radius 3 is 2.41 bits per heavy atom. The molecule has 3 aliphatic rings. The fourth-order valence-corrected chi connectivity index (χ4v) is 6.46. The standard InChI is InChI=1S/C25H30F3N3O/c1-23(2)16-12-13-24(23,3)20(14-16)29-22(32)15-8-10-17(11-9-15)31-19-7-5-4-6-18(19)21(30-31)25(26,27)28/h8-11,16,20H,4-7,12-14H2,1-3H3,(H,29,32). The number of hydrogen-bond donors (Lipinski definition) is 1. The summed E-state index contributed by atoms with van der Waals surface area (Å²) in [7, 11) is 0. The van der Waals surface area contributed by atoms with E-state index in [1.54, 1.807) is 24.3 Å². The lowest BCUT2D eigenvalue weighted by Crippen LogP contribution is -2.46. The van der Waals surface area contributed by atoms with Crippen molar-refractivity contribution in [2.75, 3.05) is 0 Å². The summed E-state index contributed by atoms with van der Waals surface area (Å²) in [6.07, 6.45) is 1.48. The highest BCUT2D eigenvalue weighted by molar-refractivity contribution is 5.94. The van der Waals surface area contributed by atoms with E-state index in [1.807, 2.05) is 0 Å². The minimum Gasteiger partial charge on any atom is -0.349 e. The highest BCUT2D eigenvalue weighted by atomic mass is 19.4. The summed E-state index contributed by atoms with van der Waals surface area (Å²) in [4.78, 5) is 13.0. The van der Waals surface area contributed by atoms with Crippen molar-refractivity contribution in [3.63, 3.8) is 0 Å². The zero-order valence-corrected chi connectivity index (χ0v) is 18.9. The van der Waals surface area contributed by atoms with Gasteiger partial charge in [0.1, 0.15) is 0 Å². The molecule has 3 unspecified atom stereocenters. The van der Waals surface area contributed by atoms with E-state index in [0.29, 0.717) is 41.3 Å². The lowest BCUT2D eigenvalue weighted by atomic mass is 9.69. The first-order chi connectivity index (χ1) is 15.0. The molecule has 1 N–H and O–H groups in total. The van der Waals surface area contributed by atoms with Crippen LogP contribution in [0, 0.1) is 16.7 Å². The molecule has 5 rings (SSSR count). The number of rotatable bonds is 3. The van der Waals surface area contributed by atoms with Crippen LogP contribution < -0.4 is 5.32 Å². The Balaban J connectivity index is 1.38. The highest BCUT2D eigenvalue weighted by Gasteiger charge is 2.61. The zero-order chi connectivity index (χ0) is 22.9. The maximum Gasteiger partial charge on any atom is 0.435 e. The molecule has 2 aromatic rings. The van der Waals surface area contributed by atoms with Crippen LogP contribution in [0.1, 0.15) is 80.2 Å². The van der Waals surface area contributed by atoms with Gasteiger partial charge in [0, 0.05) is 22.9 Å². The number of benzene rings is 1. The highest BCUT2D eigenvalue weighted by Crippen LogP contribution is 2.65. The Morgan fingerprint density at radius 1 is 1.12 bits per heavy atom. The fraction of sp³-hybridized carbons (Fsp3) is 0.600. The summed E-state index contributed by atoms with van der Waals surface area (Å²) in [5.41, 5.74) is 1.56. The molecule has 1 aromatic carbocycles. The number of hydrogen-bond acceptors (Lipinski definition) is 2. The zero-order valence-electron chi connectivity index (χ0n) is 18.9. The van der Waals surface area contributed by atoms with Gasteiger partial charge in [-0.3, -0.25) is 4.79 Å². The van der Waals surface area contributed by atoms with Crippen molar-refractivity contribution in [1.82, 2.24) is 15.1 Å². The van der Waals surface area contributed by atoms with E-state index in [4.69, 9.17) is 0 Å². The molecule has 2 fully saturated rings. The third-order valence-corrected chi connectivity index (χ3v) is 8.92. The molecule has 2 saturated carbocycles. The molecule has 2 bridgehead atoms. The van der Waals surface area contributed by atoms with Crippen molar-refractivity contribution in [3.05, 3.63) is 46.8 Å².